The van der Waals surface area contributed by atoms with Gasteiger partial charge in [0.2, 0.25) is 5.91 Å². The largest absolute Gasteiger partial charge is 0.497 e. The van der Waals surface area contributed by atoms with Gasteiger partial charge in [0.1, 0.15) is 11.8 Å². The van der Waals surface area contributed by atoms with Gasteiger partial charge in [-0.1, -0.05) is 0 Å². The summed E-state index contributed by atoms with van der Waals surface area (Å²) < 4.78 is 5.11. The monoisotopic (exact) mass is 246 g/mol. The number of benzene rings is 1. The lowest BCUT2D eigenvalue weighted by molar-refractivity contribution is -0.117. The predicted octanol–water partition coefficient (Wildman–Crippen LogP) is 0.912. The van der Waals surface area contributed by atoms with Crippen LogP contribution in [0.1, 0.15) is 12.0 Å². The van der Waals surface area contributed by atoms with Crippen LogP contribution in [0.5, 0.6) is 5.75 Å². The fraction of sp³-hybridized carbons (Fsp3) is 0.385. The van der Waals surface area contributed by atoms with Crippen molar-refractivity contribution in [1.82, 2.24) is 0 Å². The fourth-order valence-corrected chi connectivity index (χ4v) is 2.09. The van der Waals surface area contributed by atoms with E-state index in [2.05, 4.69) is 6.07 Å². The number of carbonyl (C=O) groups is 1. The van der Waals surface area contributed by atoms with E-state index in [4.69, 9.17) is 15.1 Å². The van der Waals surface area contributed by atoms with Crippen LogP contribution in [-0.4, -0.2) is 31.3 Å². The van der Waals surface area contributed by atoms with Crippen molar-refractivity contribution in [1.29, 1.82) is 5.26 Å². The van der Waals surface area contributed by atoms with Gasteiger partial charge in [-0.2, -0.15) is 5.26 Å². The normalized spacial score (nSPS) is 18.8. The Bertz CT molecular complexity index is 507. The van der Waals surface area contributed by atoms with E-state index in [9.17, 15) is 4.79 Å². The third-order valence-electron chi connectivity index (χ3n) is 3.08. The number of amides is 1. The van der Waals surface area contributed by atoms with Gasteiger partial charge in [0.25, 0.3) is 0 Å². The molecule has 1 aliphatic rings. The average Bonchev–Trinajstić information content (AvgIpc) is 2.79. The molecule has 1 aromatic carbocycles. The number of nitrogens with zero attached hydrogens (tertiary/aromatic N) is 2. The van der Waals surface area contributed by atoms with Crippen LogP contribution in [0.25, 0.3) is 0 Å². The van der Waals surface area contributed by atoms with Crippen LogP contribution >= 0.6 is 0 Å². The summed E-state index contributed by atoms with van der Waals surface area (Å²) in [5.41, 5.74) is 0.987. The summed E-state index contributed by atoms with van der Waals surface area (Å²) in [6.45, 7) is 0.422. The molecule has 1 fully saturated rings. The number of carbonyl (C=O) groups excluding carboxylic acids is 1. The summed E-state index contributed by atoms with van der Waals surface area (Å²) >= 11 is 0. The van der Waals surface area contributed by atoms with E-state index < -0.39 is 0 Å². The zero-order valence-electron chi connectivity index (χ0n) is 10.1. The van der Waals surface area contributed by atoms with Gasteiger partial charge in [-0.3, -0.25) is 4.79 Å². The van der Waals surface area contributed by atoms with Crippen LogP contribution in [0.3, 0.4) is 0 Å². The first kappa shape index (κ1) is 12.4. The molecule has 1 heterocycles. The van der Waals surface area contributed by atoms with Gasteiger partial charge in [-0.25, -0.2) is 0 Å². The van der Waals surface area contributed by atoms with Crippen LogP contribution < -0.4 is 9.64 Å². The van der Waals surface area contributed by atoms with E-state index in [0.29, 0.717) is 30.0 Å². The third kappa shape index (κ3) is 2.15. The van der Waals surface area contributed by atoms with Crippen molar-refractivity contribution in [2.24, 2.45) is 5.92 Å². The smallest absolute Gasteiger partial charge is 0.227 e. The molecular formula is C13H14N2O3. The van der Waals surface area contributed by atoms with Crippen molar-refractivity contribution in [3.8, 4) is 11.8 Å². The minimum Gasteiger partial charge on any atom is -0.497 e. The highest BCUT2D eigenvalue weighted by Gasteiger charge is 2.31. The molecule has 0 radical (unpaired) electrons. The molecule has 1 amide bonds. The number of anilines is 1. The molecule has 1 atom stereocenters. The number of ether oxygens (including phenoxy) is 1. The van der Waals surface area contributed by atoms with E-state index in [1.165, 1.54) is 7.11 Å². The summed E-state index contributed by atoms with van der Waals surface area (Å²) in [4.78, 5) is 13.4. The SMILES string of the molecule is COc1ccc(C#N)c(N2CC(CO)CC2=O)c1. The molecule has 0 aliphatic carbocycles. The third-order valence-corrected chi connectivity index (χ3v) is 3.08. The second-order valence-corrected chi connectivity index (χ2v) is 4.25. The Morgan fingerprint density at radius 1 is 1.61 bits per heavy atom. The predicted molar refractivity (Wildman–Crippen MR) is 65.3 cm³/mol. The minimum atomic E-state index is -0.0706. The molecule has 0 spiro atoms. The summed E-state index contributed by atoms with van der Waals surface area (Å²) in [6, 6.07) is 7.06. The molecule has 0 saturated carbocycles. The lowest BCUT2D eigenvalue weighted by atomic mass is 10.1. The Hall–Kier alpha value is -2.06. The molecule has 2 rings (SSSR count). The Morgan fingerprint density at radius 3 is 2.94 bits per heavy atom. The second kappa shape index (κ2) is 5.07. The maximum atomic E-state index is 11.9. The van der Waals surface area contributed by atoms with Gasteiger partial charge in [-0.05, 0) is 12.1 Å². The molecule has 0 aromatic heterocycles. The number of aliphatic hydroxyl groups is 1. The van der Waals surface area contributed by atoms with Crippen molar-refractivity contribution >= 4 is 11.6 Å². The summed E-state index contributed by atoms with van der Waals surface area (Å²) in [5, 5.41) is 18.2. The maximum absolute atomic E-state index is 11.9. The van der Waals surface area contributed by atoms with Gasteiger partial charge >= 0.3 is 0 Å². The lowest BCUT2D eigenvalue weighted by Crippen LogP contribution is -2.25. The Kier molecular flexibility index (Phi) is 3.49. The number of nitriles is 1. The molecule has 1 aliphatic heterocycles. The van der Waals surface area contributed by atoms with E-state index in [1.807, 2.05) is 0 Å². The lowest BCUT2D eigenvalue weighted by Gasteiger charge is -2.18. The summed E-state index contributed by atoms with van der Waals surface area (Å²) in [6.07, 6.45) is 0.318. The minimum absolute atomic E-state index is 0.0197. The molecule has 94 valence electrons. The van der Waals surface area contributed by atoms with Crippen LogP contribution in [0, 0.1) is 17.2 Å². The van der Waals surface area contributed by atoms with Crippen molar-refractivity contribution in [2.75, 3.05) is 25.2 Å². The fourth-order valence-electron chi connectivity index (χ4n) is 2.09. The van der Waals surface area contributed by atoms with E-state index in [0.717, 1.165) is 0 Å². The quantitative estimate of drug-likeness (QED) is 0.860. The zero-order valence-corrected chi connectivity index (χ0v) is 10.1. The number of methoxy groups -OCH3 is 1. The molecular weight excluding hydrogens is 232 g/mol. The topological polar surface area (TPSA) is 73.6 Å². The zero-order chi connectivity index (χ0) is 13.1. The molecule has 1 saturated heterocycles. The highest BCUT2D eigenvalue weighted by molar-refractivity contribution is 5.97. The molecule has 0 bridgehead atoms. The molecule has 5 nitrogen and oxygen atoms in total. The number of aliphatic hydroxyl groups excluding tert-OH is 1. The number of rotatable bonds is 3. The Labute approximate surface area is 105 Å². The first-order valence-corrected chi connectivity index (χ1v) is 5.69. The van der Waals surface area contributed by atoms with E-state index in [1.54, 1.807) is 23.1 Å². The molecule has 5 heteroatoms. The van der Waals surface area contributed by atoms with Crippen molar-refractivity contribution < 1.29 is 14.6 Å². The first-order valence-electron chi connectivity index (χ1n) is 5.69. The van der Waals surface area contributed by atoms with Crippen molar-refractivity contribution in [3.63, 3.8) is 0 Å². The van der Waals surface area contributed by atoms with Gasteiger partial charge in [0.05, 0.1) is 18.4 Å². The highest BCUT2D eigenvalue weighted by atomic mass is 16.5. The summed E-state index contributed by atoms with van der Waals surface area (Å²) in [5.74, 6) is 0.471. The van der Waals surface area contributed by atoms with Crippen LogP contribution in [0.4, 0.5) is 5.69 Å². The Balaban J connectivity index is 2.38. The van der Waals surface area contributed by atoms with Gasteiger partial charge in [0, 0.05) is 31.6 Å². The van der Waals surface area contributed by atoms with E-state index in [-0.39, 0.29) is 18.4 Å². The van der Waals surface area contributed by atoms with Crippen LogP contribution in [0.15, 0.2) is 18.2 Å². The average molecular weight is 246 g/mol. The maximum Gasteiger partial charge on any atom is 0.227 e. The Morgan fingerprint density at radius 2 is 2.39 bits per heavy atom. The number of hydrogen-bond donors (Lipinski definition) is 1. The summed E-state index contributed by atoms with van der Waals surface area (Å²) in [7, 11) is 1.54. The first-order chi connectivity index (χ1) is 8.69. The van der Waals surface area contributed by atoms with E-state index >= 15 is 0 Å². The standard InChI is InChI=1S/C13H14N2O3/c1-18-11-3-2-10(6-14)12(5-11)15-7-9(8-16)4-13(15)17/h2-3,5,9,16H,4,7-8H2,1H3. The van der Waals surface area contributed by atoms with Crippen molar-refractivity contribution in [2.45, 2.75) is 6.42 Å². The molecule has 18 heavy (non-hydrogen) atoms. The van der Waals surface area contributed by atoms with Crippen molar-refractivity contribution in [3.05, 3.63) is 23.8 Å². The van der Waals surface area contributed by atoms with Gasteiger partial charge in [0.15, 0.2) is 0 Å². The molecule has 1 N–H and O–H groups in total. The second-order valence-electron chi connectivity index (χ2n) is 4.25. The molecule has 1 unspecified atom stereocenters. The van der Waals surface area contributed by atoms with Crippen LogP contribution in [-0.2, 0) is 4.79 Å². The van der Waals surface area contributed by atoms with Crippen LogP contribution in [0.2, 0.25) is 0 Å². The van der Waals surface area contributed by atoms with Gasteiger partial charge < -0.3 is 14.7 Å². The molecule has 1 aromatic rings. The van der Waals surface area contributed by atoms with Gasteiger partial charge in [-0.15, -0.1) is 0 Å². The highest BCUT2D eigenvalue weighted by Crippen LogP contribution is 2.30. The number of hydrogen-bond acceptors (Lipinski definition) is 4.